The normalized spacial score (nSPS) is 12.1. The van der Waals surface area contributed by atoms with Gasteiger partial charge in [-0.2, -0.15) is 0 Å². The first-order valence-electron chi connectivity index (χ1n) is 4.91. The van der Waals surface area contributed by atoms with Crippen LogP contribution in [-0.2, 0) is 10.8 Å². The quantitative estimate of drug-likeness (QED) is 0.776. The summed E-state index contributed by atoms with van der Waals surface area (Å²) in [6, 6.07) is 2.88. The lowest BCUT2D eigenvalue weighted by Gasteiger charge is -2.05. The predicted octanol–water partition coefficient (Wildman–Crippen LogP) is 0.960. The molecule has 0 saturated heterocycles. The molecular weight excluding hydrogens is 228 g/mol. The van der Waals surface area contributed by atoms with Crippen molar-refractivity contribution >= 4 is 22.6 Å². The van der Waals surface area contributed by atoms with Crippen LogP contribution in [0.4, 0.5) is 5.82 Å². The third-order valence-electron chi connectivity index (χ3n) is 1.96. The van der Waals surface area contributed by atoms with Crippen LogP contribution in [0.2, 0.25) is 0 Å². The lowest BCUT2D eigenvalue weighted by atomic mass is 10.2. The van der Waals surface area contributed by atoms with Gasteiger partial charge in [-0.1, -0.05) is 6.92 Å². The average molecular weight is 242 g/mol. The minimum atomic E-state index is -0.984. The fourth-order valence-electron chi connectivity index (χ4n) is 1.10. The number of carboxylic acids is 1. The molecule has 0 aliphatic heterocycles. The zero-order chi connectivity index (χ0) is 12.0. The molecule has 0 amide bonds. The van der Waals surface area contributed by atoms with Gasteiger partial charge in [-0.25, -0.2) is 9.78 Å². The smallest absolute Gasteiger partial charge is 0.335 e. The second-order valence-corrected chi connectivity index (χ2v) is 4.96. The van der Waals surface area contributed by atoms with E-state index in [0.717, 1.165) is 0 Å². The van der Waals surface area contributed by atoms with Crippen molar-refractivity contribution in [1.82, 2.24) is 4.98 Å². The molecule has 0 spiro atoms. The number of carboxylic acid groups (broad SMARTS) is 1. The molecule has 1 aromatic heterocycles. The molecule has 1 aromatic rings. The zero-order valence-electron chi connectivity index (χ0n) is 8.97. The molecule has 1 atom stereocenters. The highest BCUT2D eigenvalue weighted by molar-refractivity contribution is 7.84. The van der Waals surface area contributed by atoms with Crippen molar-refractivity contribution in [3.05, 3.63) is 23.9 Å². The molecule has 0 radical (unpaired) electrons. The maximum Gasteiger partial charge on any atom is 0.335 e. The Bertz CT molecular complexity index is 395. The van der Waals surface area contributed by atoms with Gasteiger partial charge >= 0.3 is 5.97 Å². The Hall–Kier alpha value is -1.43. The van der Waals surface area contributed by atoms with Crippen molar-refractivity contribution in [3.63, 3.8) is 0 Å². The molecule has 6 heteroatoms. The second kappa shape index (κ2) is 6.22. The van der Waals surface area contributed by atoms with Crippen molar-refractivity contribution in [2.45, 2.75) is 6.92 Å². The number of aromatic carboxylic acids is 1. The van der Waals surface area contributed by atoms with Crippen molar-refractivity contribution < 1.29 is 14.1 Å². The summed E-state index contributed by atoms with van der Waals surface area (Å²) in [6.45, 7) is 2.38. The minimum Gasteiger partial charge on any atom is -0.478 e. The number of nitrogens with one attached hydrogen (secondary N) is 1. The van der Waals surface area contributed by atoms with Crippen molar-refractivity contribution in [2.75, 3.05) is 23.4 Å². The molecule has 0 aliphatic carbocycles. The summed E-state index contributed by atoms with van der Waals surface area (Å²) >= 11 is 0. The SMILES string of the molecule is CCS(=O)CCNc1cc(C(=O)O)ccn1. The maximum absolute atomic E-state index is 11.1. The van der Waals surface area contributed by atoms with Gasteiger partial charge in [0.05, 0.1) is 5.56 Å². The van der Waals surface area contributed by atoms with E-state index >= 15 is 0 Å². The van der Waals surface area contributed by atoms with Gasteiger partial charge in [0.1, 0.15) is 5.82 Å². The second-order valence-electron chi connectivity index (χ2n) is 3.09. The lowest BCUT2D eigenvalue weighted by molar-refractivity contribution is 0.0697. The van der Waals surface area contributed by atoms with Crippen LogP contribution in [-0.4, -0.2) is 38.3 Å². The van der Waals surface area contributed by atoms with E-state index in [9.17, 15) is 9.00 Å². The largest absolute Gasteiger partial charge is 0.478 e. The molecule has 0 aromatic carbocycles. The number of hydrogen-bond acceptors (Lipinski definition) is 4. The Labute approximate surface area is 96.4 Å². The van der Waals surface area contributed by atoms with E-state index in [1.165, 1.54) is 18.3 Å². The third kappa shape index (κ3) is 3.98. The first-order chi connectivity index (χ1) is 7.63. The molecule has 0 bridgehead atoms. The molecular formula is C10H14N2O3S. The van der Waals surface area contributed by atoms with Gasteiger partial charge in [-0.3, -0.25) is 4.21 Å². The van der Waals surface area contributed by atoms with E-state index in [-0.39, 0.29) is 5.56 Å². The van der Waals surface area contributed by atoms with E-state index < -0.39 is 16.8 Å². The lowest BCUT2D eigenvalue weighted by Crippen LogP contribution is -2.13. The molecule has 0 aliphatic rings. The van der Waals surface area contributed by atoms with Crippen LogP contribution in [0.1, 0.15) is 17.3 Å². The fourth-order valence-corrected chi connectivity index (χ4v) is 1.72. The summed E-state index contributed by atoms with van der Waals surface area (Å²) in [5.41, 5.74) is 0.189. The highest BCUT2D eigenvalue weighted by atomic mass is 32.2. The van der Waals surface area contributed by atoms with Crippen molar-refractivity contribution in [1.29, 1.82) is 0 Å². The molecule has 2 N–H and O–H groups in total. The van der Waals surface area contributed by atoms with Crippen LogP contribution in [0.25, 0.3) is 0 Å². The van der Waals surface area contributed by atoms with Crippen LogP contribution >= 0.6 is 0 Å². The van der Waals surface area contributed by atoms with E-state index in [2.05, 4.69) is 10.3 Å². The van der Waals surface area contributed by atoms with Crippen LogP contribution in [0, 0.1) is 0 Å². The summed E-state index contributed by atoms with van der Waals surface area (Å²) in [7, 11) is -0.821. The van der Waals surface area contributed by atoms with Gasteiger partial charge in [-0.05, 0) is 12.1 Å². The number of nitrogens with zero attached hydrogens (tertiary/aromatic N) is 1. The summed E-state index contributed by atoms with van der Waals surface area (Å²) in [5.74, 6) is 0.676. The summed E-state index contributed by atoms with van der Waals surface area (Å²) in [6.07, 6.45) is 1.43. The van der Waals surface area contributed by atoms with Gasteiger partial charge in [-0.15, -0.1) is 0 Å². The Morgan fingerprint density at radius 2 is 2.38 bits per heavy atom. The number of aromatic nitrogens is 1. The van der Waals surface area contributed by atoms with E-state index in [1.807, 2.05) is 6.92 Å². The highest BCUT2D eigenvalue weighted by Crippen LogP contribution is 2.06. The van der Waals surface area contributed by atoms with Gasteiger partial charge in [0.15, 0.2) is 0 Å². The number of carbonyl (C=O) groups is 1. The Morgan fingerprint density at radius 3 is 3.00 bits per heavy atom. The van der Waals surface area contributed by atoms with Gasteiger partial charge in [0, 0.05) is 35.0 Å². The molecule has 0 fully saturated rings. The minimum absolute atomic E-state index is 0.189. The molecule has 0 saturated carbocycles. The maximum atomic E-state index is 11.1. The summed E-state index contributed by atoms with van der Waals surface area (Å²) < 4.78 is 11.1. The van der Waals surface area contributed by atoms with Crippen molar-refractivity contribution in [2.24, 2.45) is 0 Å². The molecule has 1 heterocycles. The number of hydrogen-bond donors (Lipinski definition) is 2. The standard InChI is InChI=1S/C10H14N2O3S/c1-2-16(15)6-5-12-9-7-8(10(13)14)3-4-11-9/h3-4,7H,2,5-6H2,1H3,(H,11,12)(H,13,14). The van der Waals surface area contributed by atoms with Gasteiger partial charge in [0.2, 0.25) is 0 Å². The molecule has 1 rings (SSSR count). The Balaban J connectivity index is 2.51. The number of rotatable bonds is 6. The van der Waals surface area contributed by atoms with Crippen molar-refractivity contribution in [3.8, 4) is 0 Å². The predicted molar refractivity (Wildman–Crippen MR) is 63.2 cm³/mol. The van der Waals surface area contributed by atoms with Crippen LogP contribution < -0.4 is 5.32 Å². The first-order valence-corrected chi connectivity index (χ1v) is 6.40. The highest BCUT2D eigenvalue weighted by Gasteiger charge is 2.03. The Morgan fingerprint density at radius 1 is 1.62 bits per heavy atom. The van der Waals surface area contributed by atoms with Crippen LogP contribution in [0.15, 0.2) is 18.3 Å². The summed E-state index contributed by atoms with van der Waals surface area (Å²) in [5, 5.41) is 11.7. The summed E-state index contributed by atoms with van der Waals surface area (Å²) in [4.78, 5) is 14.6. The monoisotopic (exact) mass is 242 g/mol. The van der Waals surface area contributed by atoms with Crippen LogP contribution in [0.3, 0.4) is 0 Å². The van der Waals surface area contributed by atoms with Crippen LogP contribution in [0.5, 0.6) is 0 Å². The molecule has 1 unspecified atom stereocenters. The average Bonchev–Trinajstić information content (AvgIpc) is 2.29. The topological polar surface area (TPSA) is 79.3 Å². The number of anilines is 1. The molecule has 5 nitrogen and oxygen atoms in total. The third-order valence-corrected chi connectivity index (χ3v) is 3.27. The van der Waals surface area contributed by atoms with E-state index in [1.54, 1.807) is 0 Å². The molecule has 16 heavy (non-hydrogen) atoms. The molecule has 88 valence electrons. The Kier molecular flexibility index (Phi) is 4.91. The van der Waals surface area contributed by atoms with Gasteiger partial charge in [0.25, 0.3) is 0 Å². The zero-order valence-corrected chi connectivity index (χ0v) is 9.79. The first kappa shape index (κ1) is 12.6. The van der Waals surface area contributed by atoms with E-state index in [0.29, 0.717) is 23.9 Å². The van der Waals surface area contributed by atoms with E-state index in [4.69, 9.17) is 5.11 Å². The number of pyridine rings is 1. The fraction of sp³-hybridized carbons (Fsp3) is 0.400. The van der Waals surface area contributed by atoms with Gasteiger partial charge < -0.3 is 10.4 Å².